The number of nitrogens with two attached hydrogens (primary N) is 1. The molecule has 0 spiro atoms. The van der Waals surface area contributed by atoms with Crippen molar-refractivity contribution in [2.24, 2.45) is 0 Å². The molecule has 3 saturated heterocycles. The number of ether oxygens (including phenoxy) is 3. The molecule has 0 aliphatic carbocycles. The summed E-state index contributed by atoms with van der Waals surface area (Å²) in [4.78, 5) is 28.0. The van der Waals surface area contributed by atoms with Gasteiger partial charge in [-0.05, 0) is 36.8 Å². The van der Waals surface area contributed by atoms with Gasteiger partial charge in [0.05, 0.1) is 19.3 Å². The minimum absolute atomic E-state index is 0.0192. The van der Waals surface area contributed by atoms with E-state index in [1.54, 1.807) is 25.1 Å². The van der Waals surface area contributed by atoms with Gasteiger partial charge in [0.25, 0.3) is 0 Å². The second-order valence-electron chi connectivity index (χ2n) is 8.31. The molecule has 15 heteroatoms. The Bertz CT molecular complexity index is 1260. The molecule has 2 N–H and O–H groups in total. The average Bonchev–Trinajstić information content (AvgIpc) is 3.21. The smallest absolute Gasteiger partial charge is 0.424 e. The standard InChI is InChI=1S/C20H20Cl2N3O9P/c1-20-16(32-19(27)33-20)14(31-17(20)25-4-2-15(23)24-18(25)26)9-30-35(28)29-5-3-13(34-35)10-6-11(21)8-12(22)7-10/h2,4,6-8,13-14,16-17H,3,5,9H2,1H3,(H2,23,24,26)/t13?,14-,16-,17-,20-,35?/m1/s1. The van der Waals surface area contributed by atoms with E-state index in [-0.39, 0.29) is 19.0 Å². The van der Waals surface area contributed by atoms with Gasteiger partial charge in [-0.3, -0.25) is 18.1 Å². The van der Waals surface area contributed by atoms with Crippen molar-refractivity contribution in [1.29, 1.82) is 0 Å². The van der Waals surface area contributed by atoms with Crippen molar-refractivity contribution >= 4 is 43.0 Å². The number of anilines is 1. The van der Waals surface area contributed by atoms with Crippen LogP contribution >= 0.6 is 31.0 Å². The number of halogens is 2. The van der Waals surface area contributed by atoms with Gasteiger partial charge >= 0.3 is 19.7 Å². The van der Waals surface area contributed by atoms with E-state index >= 15 is 0 Å². The summed E-state index contributed by atoms with van der Waals surface area (Å²) in [5, 5.41) is 0.803. The largest absolute Gasteiger partial charge is 0.509 e. The molecule has 35 heavy (non-hydrogen) atoms. The predicted octanol–water partition coefficient (Wildman–Crippen LogP) is 3.63. The fraction of sp³-hybridized carbons (Fsp3) is 0.450. The lowest BCUT2D eigenvalue weighted by molar-refractivity contribution is -0.0959. The van der Waals surface area contributed by atoms with Crippen LogP contribution in [0.2, 0.25) is 10.0 Å². The van der Waals surface area contributed by atoms with Crippen LogP contribution in [0.5, 0.6) is 0 Å². The van der Waals surface area contributed by atoms with Crippen molar-refractivity contribution in [2.75, 3.05) is 18.9 Å². The van der Waals surface area contributed by atoms with Crippen LogP contribution < -0.4 is 11.4 Å². The number of nitrogen functional groups attached to an aromatic ring is 1. The van der Waals surface area contributed by atoms with Crippen LogP contribution in [-0.4, -0.2) is 46.7 Å². The topological polar surface area (TPSA) is 150 Å². The van der Waals surface area contributed by atoms with Crippen LogP contribution in [0.15, 0.2) is 35.3 Å². The SMILES string of the molecule is C[C@@]12OC(=O)O[C@@H]1[C@@H](COP1(=O)OCCC(c3cc(Cl)cc(Cl)c3)O1)O[C@H]2n1ccc(N)nc1=O. The molecule has 3 aliphatic rings. The highest BCUT2D eigenvalue weighted by atomic mass is 35.5. The van der Waals surface area contributed by atoms with E-state index in [0.717, 1.165) is 4.57 Å². The molecular formula is C20H20Cl2N3O9P. The second kappa shape index (κ2) is 9.04. The van der Waals surface area contributed by atoms with E-state index in [9.17, 15) is 14.2 Å². The number of hydrogen-bond acceptors (Lipinski definition) is 11. The Morgan fingerprint density at radius 3 is 2.74 bits per heavy atom. The van der Waals surface area contributed by atoms with Gasteiger partial charge in [0, 0.05) is 22.7 Å². The van der Waals surface area contributed by atoms with E-state index in [4.69, 9.17) is 56.7 Å². The third kappa shape index (κ3) is 4.67. The first-order chi connectivity index (χ1) is 16.6. The summed E-state index contributed by atoms with van der Waals surface area (Å²) in [6.45, 7) is 1.28. The third-order valence-electron chi connectivity index (χ3n) is 5.87. The highest BCUT2D eigenvalue weighted by molar-refractivity contribution is 7.48. The number of phosphoric acid groups is 1. The Balaban J connectivity index is 1.33. The maximum absolute atomic E-state index is 13.2. The molecule has 2 aromatic rings. The number of hydrogen-bond donors (Lipinski definition) is 1. The van der Waals surface area contributed by atoms with E-state index in [0.29, 0.717) is 22.0 Å². The number of carbonyl (C=O) groups is 1. The first-order valence-electron chi connectivity index (χ1n) is 10.5. The summed E-state index contributed by atoms with van der Waals surface area (Å²) in [5.41, 5.74) is 4.07. The molecule has 12 nitrogen and oxygen atoms in total. The number of aromatic nitrogens is 2. The Kier molecular flexibility index (Phi) is 6.33. The van der Waals surface area contributed by atoms with E-state index in [2.05, 4.69) is 4.98 Å². The number of rotatable bonds is 5. The number of benzene rings is 1. The third-order valence-corrected chi connectivity index (χ3v) is 7.78. The molecule has 1 aromatic carbocycles. The molecule has 3 fully saturated rings. The highest BCUT2D eigenvalue weighted by Gasteiger charge is 2.64. The Labute approximate surface area is 208 Å². The first-order valence-corrected chi connectivity index (χ1v) is 12.7. The second-order valence-corrected chi connectivity index (χ2v) is 10.8. The van der Waals surface area contributed by atoms with Gasteiger partial charge in [0.2, 0.25) is 0 Å². The molecule has 1 aromatic heterocycles. The van der Waals surface area contributed by atoms with Crippen molar-refractivity contribution < 1.29 is 37.1 Å². The summed E-state index contributed by atoms with van der Waals surface area (Å²) in [6.07, 6.45) is -2.89. The van der Waals surface area contributed by atoms with Crippen molar-refractivity contribution in [2.45, 2.75) is 43.5 Å². The normalized spacial score (nSPS) is 34.3. The van der Waals surface area contributed by atoms with Gasteiger partial charge in [0.15, 0.2) is 17.9 Å². The van der Waals surface area contributed by atoms with Gasteiger partial charge < -0.3 is 19.9 Å². The first kappa shape index (κ1) is 24.5. The van der Waals surface area contributed by atoms with E-state index < -0.39 is 49.8 Å². The quantitative estimate of drug-likeness (QED) is 0.431. The van der Waals surface area contributed by atoms with Crippen LogP contribution in [0.3, 0.4) is 0 Å². The van der Waals surface area contributed by atoms with Gasteiger partial charge in [-0.2, -0.15) is 4.98 Å². The molecule has 0 radical (unpaired) electrons. The van der Waals surface area contributed by atoms with Crippen LogP contribution in [0, 0.1) is 0 Å². The fourth-order valence-corrected chi connectivity index (χ4v) is 6.23. The molecule has 0 amide bonds. The minimum atomic E-state index is -4.04. The average molecular weight is 548 g/mol. The molecule has 6 atom stereocenters. The van der Waals surface area contributed by atoms with Crippen LogP contribution in [-0.2, 0) is 32.3 Å². The lowest BCUT2D eigenvalue weighted by atomic mass is 9.96. The van der Waals surface area contributed by atoms with Gasteiger partial charge in [-0.15, -0.1) is 0 Å². The zero-order valence-corrected chi connectivity index (χ0v) is 20.6. The Hall–Kier alpha value is -2.18. The monoisotopic (exact) mass is 547 g/mol. The summed E-state index contributed by atoms with van der Waals surface area (Å²) in [6, 6.07) is 6.27. The summed E-state index contributed by atoms with van der Waals surface area (Å²) < 4.78 is 47.4. The van der Waals surface area contributed by atoms with Crippen molar-refractivity contribution in [3.63, 3.8) is 0 Å². The highest BCUT2D eigenvalue weighted by Crippen LogP contribution is 2.58. The molecule has 0 saturated carbocycles. The molecule has 188 valence electrons. The van der Waals surface area contributed by atoms with Gasteiger partial charge in [-0.25, -0.2) is 14.2 Å². The summed E-state index contributed by atoms with van der Waals surface area (Å²) >= 11 is 12.1. The minimum Gasteiger partial charge on any atom is -0.424 e. The summed E-state index contributed by atoms with van der Waals surface area (Å²) in [7, 11) is -4.04. The zero-order chi connectivity index (χ0) is 25.0. The molecule has 2 unspecified atom stereocenters. The molecule has 3 aliphatic heterocycles. The van der Waals surface area contributed by atoms with Crippen molar-refractivity contribution in [3.05, 3.63) is 56.6 Å². The number of fused-ring (bicyclic) bond motifs is 1. The summed E-state index contributed by atoms with van der Waals surface area (Å²) in [5.74, 6) is 0.0192. The lowest BCUT2D eigenvalue weighted by Crippen LogP contribution is -2.44. The molecule has 4 heterocycles. The number of carbonyl (C=O) groups excluding carboxylic acids is 1. The predicted molar refractivity (Wildman–Crippen MR) is 121 cm³/mol. The fourth-order valence-electron chi connectivity index (χ4n) is 4.29. The van der Waals surface area contributed by atoms with Crippen LogP contribution in [0.4, 0.5) is 10.6 Å². The zero-order valence-electron chi connectivity index (χ0n) is 18.2. The number of nitrogens with zero attached hydrogens (tertiary/aromatic N) is 2. The van der Waals surface area contributed by atoms with Crippen LogP contribution in [0.1, 0.15) is 31.2 Å². The maximum Gasteiger partial charge on any atom is 0.509 e. The van der Waals surface area contributed by atoms with E-state index in [1.807, 2.05) is 0 Å². The van der Waals surface area contributed by atoms with Crippen LogP contribution in [0.25, 0.3) is 0 Å². The van der Waals surface area contributed by atoms with E-state index in [1.165, 1.54) is 12.3 Å². The van der Waals surface area contributed by atoms with Crippen molar-refractivity contribution in [3.8, 4) is 0 Å². The maximum atomic E-state index is 13.2. The Morgan fingerprint density at radius 1 is 1.29 bits per heavy atom. The molecule has 5 rings (SSSR count). The van der Waals surface area contributed by atoms with Gasteiger partial charge in [0.1, 0.15) is 11.9 Å². The lowest BCUT2D eigenvalue weighted by Gasteiger charge is -2.30. The van der Waals surface area contributed by atoms with Crippen molar-refractivity contribution in [1.82, 2.24) is 9.55 Å². The van der Waals surface area contributed by atoms with Gasteiger partial charge in [-0.1, -0.05) is 23.2 Å². The molecule has 0 bridgehead atoms. The number of phosphoric ester groups is 1. The Morgan fingerprint density at radius 2 is 2.03 bits per heavy atom. The molecular weight excluding hydrogens is 528 g/mol.